The molecule has 5 rings (SSSR count). The quantitative estimate of drug-likeness (QED) is 0.449. The van der Waals surface area contributed by atoms with Gasteiger partial charge in [0.05, 0.1) is 6.20 Å². The third-order valence-electron chi connectivity index (χ3n) is 5.13. The van der Waals surface area contributed by atoms with E-state index in [1.807, 2.05) is 37.5 Å². The van der Waals surface area contributed by atoms with E-state index in [1.165, 1.54) is 5.56 Å². The minimum absolute atomic E-state index is 0.478. The molecule has 0 unspecified atom stereocenters. The minimum atomic E-state index is 0.478. The maximum Gasteiger partial charge on any atom is 0.234 e. The molecular formula is C23H21N5O. The van der Waals surface area contributed by atoms with Crippen LogP contribution in [-0.4, -0.2) is 24.7 Å². The Morgan fingerprint density at radius 3 is 2.62 bits per heavy atom. The second kappa shape index (κ2) is 6.74. The van der Waals surface area contributed by atoms with Crippen LogP contribution in [0.5, 0.6) is 11.6 Å². The van der Waals surface area contributed by atoms with Crippen LogP contribution < -0.4 is 4.74 Å². The number of H-pyrrole nitrogens is 1. The first kappa shape index (κ1) is 17.4. The number of aromatic amines is 1. The Kier molecular flexibility index (Phi) is 4.05. The lowest BCUT2D eigenvalue weighted by Gasteiger charge is -2.10. The fourth-order valence-corrected chi connectivity index (χ4v) is 3.43. The molecule has 0 saturated heterocycles. The average Bonchev–Trinajstić information content (AvgIpc) is 3.34. The fourth-order valence-electron chi connectivity index (χ4n) is 3.43. The van der Waals surface area contributed by atoms with Gasteiger partial charge in [0, 0.05) is 29.7 Å². The van der Waals surface area contributed by atoms with Gasteiger partial charge < -0.3 is 9.72 Å². The molecule has 0 bridgehead atoms. The molecule has 0 aliphatic rings. The maximum atomic E-state index is 6.19. The molecule has 29 heavy (non-hydrogen) atoms. The Bertz CT molecular complexity index is 1310. The third-order valence-corrected chi connectivity index (χ3v) is 5.13. The Morgan fingerprint density at radius 1 is 1.00 bits per heavy atom. The number of fused-ring (bicyclic) bond motifs is 2. The van der Waals surface area contributed by atoms with Crippen LogP contribution in [0.25, 0.3) is 33.3 Å². The highest BCUT2D eigenvalue weighted by Crippen LogP contribution is 2.31. The average molecular weight is 383 g/mol. The van der Waals surface area contributed by atoms with Crippen LogP contribution in [-0.2, 0) is 7.05 Å². The van der Waals surface area contributed by atoms with Crippen molar-refractivity contribution in [2.24, 2.45) is 7.05 Å². The molecule has 0 spiro atoms. The Balaban J connectivity index is 1.60. The van der Waals surface area contributed by atoms with Crippen molar-refractivity contribution >= 4 is 21.9 Å². The van der Waals surface area contributed by atoms with Gasteiger partial charge in [-0.15, -0.1) is 0 Å². The number of hydrogen-bond donors (Lipinski definition) is 1. The van der Waals surface area contributed by atoms with Crippen molar-refractivity contribution in [3.8, 4) is 23.0 Å². The first-order valence-corrected chi connectivity index (χ1v) is 9.63. The van der Waals surface area contributed by atoms with Crippen molar-refractivity contribution < 1.29 is 4.74 Å². The molecule has 0 aliphatic carbocycles. The maximum absolute atomic E-state index is 6.19. The number of hydrogen-bond acceptors (Lipinski definition) is 4. The lowest BCUT2D eigenvalue weighted by Crippen LogP contribution is -1.98. The van der Waals surface area contributed by atoms with Gasteiger partial charge in [-0.25, -0.2) is 4.98 Å². The first-order valence-electron chi connectivity index (χ1n) is 9.63. The van der Waals surface area contributed by atoms with Crippen LogP contribution in [0.15, 0.2) is 60.9 Å². The van der Waals surface area contributed by atoms with Crippen molar-refractivity contribution in [2.45, 2.75) is 19.8 Å². The zero-order valence-electron chi connectivity index (χ0n) is 16.5. The molecule has 0 fully saturated rings. The Labute approximate surface area is 168 Å². The highest BCUT2D eigenvalue weighted by atomic mass is 16.5. The second-order valence-corrected chi connectivity index (χ2v) is 7.46. The summed E-state index contributed by atoms with van der Waals surface area (Å²) in [6.45, 7) is 4.36. The number of ether oxygens (including phenoxy) is 1. The van der Waals surface area contributed by atoms with Crippen molar-refractivity contribution in [1.29, 1.82) is 0 Å². The van der Waals surface area contributed by atoms with Crippen molar-refractivity contribution in [2.75, 3.05) is 0 Å². The second-order valence-electron chi connectivity index (χ2n) is 7.46. The summed E-state index contributed by atoms with van der Waals surface area (Å²) >= 11 is 0. The lowest BCUT2D eigenvalue weighted by atomic mass is 10.0. The minimum Gasteiger partial charge on any atom is -0.438 e. The van der Waals surface area contributed by atoms with Crippen molar-refractivity contribution in [1.82, 2.24) is 24.7 Å². The molecule has 0 saturated carbocycles. The number of rotatable bonds is 4. The van der Waals surface area contributed by atoms with Gasteiger partial charge in [0.15, 0.2) is 11.5 Å². The van der Waals surface area contributed by atoms with Crippen molar-refractivity contribution in [3.63, 3.8) is 0 Å². The standard InChI is InChI=1S/C23H21N5O/c1-14(2)15-4-6-16(7-5-15)21-26-22-19(13-25-28(22)3)23(27-21)29-18-8-9-20-17(12-18)10-11-24-20/h4-14,24H,1-3H3. The molecule has 3 aromatic heterocycles. The smallest absolute Gasteiger partial charge is 0.234 e. The molecule has 0 atom stereocenters. The summed E-state index contributed by atoms with van der Waals surface area (Å²) < 4.78 is 7.93. The Morgan fingerprint density at radius 2 is 1.83 bits per heavy atom. The molecule has 6 nitrogen and oxygen atoms in total. The van der Waals surface area contributed by atoms with Gasteiger partial charge in [-0.2, -0.15) is 10.1 Å². The monoisotopic (exact) mass is 383 g/mol. The van der Waals surface area contributed by atoms with E-state index < -0.39 is 0 Å². The molecule has 6 heteroatoms. The summed E-state index contributed by atoms with van der Waals surface area (Å²) in [5.74, 6) is 2.32. The largest absolute Gasteiger partial charge is 0.438 e. The van der Waals surface area contributed by atoms with E-state index in [1.54, 1.807) is 10.9 Å². The van der Waals surface area contributed by atoms with Crippen LogP contribution in [0.3, 0.4) is 0 Å². The van der Waals surface area contributed by atoms with Crippen LogP contribution >= 0.6 is 0 Å². The highest BCUT2D eigenvalue weighted by Gasteiger charge is 2.15. The molecule has 1 N–H and O–H groups in total. The SMILES string of the molecule is CC(C)c1ccc(-c2nc(Oc3ccc4[nH]ccc4c3)c3cnn(C)c3n2)cc1. The first-order chi connectivity index (χ1) is 14.1. The topological polar surface area (TPSA) is 68.6 Å². The van der Waals surface area contributed by atoms with Crippen LogP contribution in [0.4, 0.5) is 0 Å². The van der Waals surface area contributed by atoms with Gasteiger partial charge in [0.2, 0.25) is 5.88 Å². The number of benzene rings is 2. The van der Waals surface area contributed by atoms with Crippen LogP contribution in [0.2, 0.25) is 0 Å². The normalized spacial score (nSPS) is 11.6. The summed E-state index contributed by atoms with van der Waals surface area (Å²) in [7, 11) is 1.87. The molecular weight excluding hydrogens is 362 g/mol. The molecule has 5 aromatic rings. The zero-order chi connectivity index (χ0) is 20.0. The van der Waals surface area contributed by atoms with Crippen molar-refractivity contribution in [3.05, 3.63) is 66.5 Å². The molecule has 2 aromatic carbocycles. The molecule has 3 heterocycles. The van der Waals surface area contributed by atoms with Crippen LogP contribution in [0.1, 0.15) is 25.3 Å². The van der Waals surface area contributed by atoms with E-state index in [-0.39, 0.29) is 0 Å². The van der Waals surface area contributed by atoms with Gasteiger partial charge >= 0.3 is 0 Å². The van der Waals surface area contributed by atoms with Gasteiger partial charge in [-0.3, -0.25) is 4.68 Å². The summed E-state index contributed by atoms with van der Waals surface area (Å²) in [6.07, 6.45) is 3.66. The number of nitrogens with zero attached hydrogens (tertiary/aromatic N) is 4. The van der Waals surface area contributed by atoms with E-state index in [4.69, 9.17) is 14.7 Å². The van der Waals surface area contributed by atoms with E-state index in [0.717, 1.165) is 33.2 Å². The van der Waals surface area contributed by atoms with E-state index in [2.05, 4.69) is 48.2 Å². The van der Waals surface area contributed by atoms with Crippen LogP contribution in [0, 0.1) is 0 Å². The number of nitrogens with one attached hydrogen (secondary N) is 1. The van der Waals surface area contributed by atoms with E-state index in [9.17, 15) is 0 Å². The Hall–Kier alpha value is -3.67. The molecule has 0 radical (unpaired) electrons. The van der Waals surface area contributed by atoms with Gasteiger partial charge in [-0.05, 0) is 35.7 Å². The predicted molar refractivity (Wildman–Crippen MR) is 114 cm³/mol. The van der Waals surface area contributed by atoms with E-state index in [0.29, 0.717) is 17.6 Å². The lowest BCUT2D eigenvalue weighted by molar-refractivity contribution is 0.469. The highest BCUT2D eigenvalue weighted by molar-refractivity contribution is 5.84. The molecule has 0 aliphatic heterocycles. The molecule has 0 amide bonds. The molecule has 144 valence electrons. The predicted octanol–water partition coefficient (Wildman–Crippen LogP) is 5.43. The van der Waals surface area contributed by atoms with Gasteiger partial charge in [-0.1, -0.05) is 38.1 Å². The zero-order valence-corrected chi connectivity index (χ0v) is 16.5. The third kappa shape index (κ3) is 3.12. The summed E-state index contributed by atoms with van der Waals surface area (Å²) in [4.78, 5) is 12.6. The summed E-state index contributed by atoms with van der Waals surface area (Å²) in [6, 6.07) is 16.3. The summed E-state index contributed by atoms with van der Waals surface area (Å²) in [5.41, 5.74) is 4.04. The van der Waals surface area contributed by atoms with Gasteiger partial charge in [0.1, 0.15) is 11.1 Å². The summed E-state index contributed by atoms with van der Waals surface area (Å²) in [5, 5.41) is 6.21. The number of aryl methyl sites for hydroxylation is 1. The van der Waals surface area contributed by atoms with Gasteiger partial charge in [0.25, 0.3) is 0 Å². The number of aromatic nitrogens is 5. The fraction of sp³-hybridized carbons (Fsp3) is 0.174. The van der Waals surface area contributed by atoms with E-state index >= 15 is 0 Å².